The number of aliphatic hydroxyl groups is 1. The van der Waals surface area contributed by atoms with Crippen molar-refractivity contribution in [2.45, 2.75) is 32.8 Å². The number of rotatable bonds is 3. The summed E-state index contributed by atoms with van der Waals surface area (Å²) in [6, 6.07) is 7.95. The monoisotopic (exact) mass is 244 g/mol. The number of imidazole rings is 1. The van der Waals surface area contributed by atoms with E-state index in [-0.39, 0.29) is 0 Å². The Bertz CT molecular complexity index is 526. The van der Waals surface area contributed by atoms with E-state index in [1.165, 1.54) is 5.56 Å². The highest BCUT2D eigenvalue weighted by molar-refractivity contribution is 5.28. The summed E-state index contributed by atoms with van der Waals surface area (Å²) in [7, 11) is 1.95. The molecule has 1 aromatic heterocycles. The highest BCUT2D eigenvalue weighted by atomic mass is 16.3. The minimum absolute atomic E-state index is 0.356. The SMILES string of the molecule is Cc1ccc(C(O)c2cnc(C(C)C)n2C)cc1. The zero-order chi connectivity index (χ0) is 13.3. The Hall–Kier alpha value is -1.61. The molecule has 3 nitrogen and oxygen atoms in total. The molecule has 0 amide bonds. The Morgan fingerprint density at radius 1 is 1.17 bits per heavy atom. The molecule has 0 bridgehead atoms. The number of aryl methyl sites for hydroxylation is 1. The lowest BCUT2D eigenvalue weighted by Gasteiger charge is -2.14. The van der Waals surface area contributed by atoms with Crippen LogP contribution < -0.4 is 0 Å². The normalized spacial score (nSPS) is 13.0. The first-order valence-electron chi connectivity index (χ1n) is 6.27. The van der Waals surface area contributed by atoms with Gasteiger partial charge < -0.3 is 9.67 Å². The van der Waals surface area contributed by atoms with E-state index < -0.39 is 6.10 Å². The van der Waals surface area contributed by atoms with Gasteiger partial charge >= 0.3 is 0 Å². The first kappa shape index (κ1) is 12.8. The van der Waals surface area contributed by atoms with Crippen molar-refractivity contribution in [2.24, 2.45) is 7.05 Å². The third-order valence-electron chi connectivity index (χ3n) is 3.25. The van der Waals surface area contributed by atoms with Gasteiger partial charge in [0.2, 0.25) is 0 Å². The molecule has 2 aromatic rings. The molecule has 1 N–H and O–H groups in total. The van der Waals surface area contributed by atoms with Crippen molar-refractivity contribution in [3.8, 4) is 0 Å². The van der Waals surface area contributed by atoms with Crippen molar-refractivity contribution in [3.63, 3.8) is 0 Å². The second-order valence-electron chi connectivity index (χ2n) is 5.07. The quantitative estimate of drug-likeness (QED) is 0.901. The second-order valence-corrected chi connectivity index (χ2v) is 5.07. The minimum Gasteiger partial charge on any atom is -0.382 e. The highest BCUT2D eigenvalue weighted by Gasteiger charge is 2.17. The fourth-order valence-electron chi connectivity index (χ4n) is 2.15. The van der Waals surface area contributed by atoms with Crippen LogP contribution in [0.15, 0.2) is 30.5 Å². The average Bonchev–Trinajstić information content (AvgIpc) is 2.71. The van der Waals surface area contributed by atoms with E-state index >= 15 is 0 Å². The molecule has 1 unspecified atom stereocenters. The van der Waals surface area contributed by atoms with Gasteiger partial charge in [0.15, 0.2) is 0 Å². The molecule has 1 aromatic carbocycles. The zero-order valence-corrected chi connectivity index (χ0v) is 11.4. The maximum atomic E-state index is 10.4. The summed E-state index contributed by atoms with van der Waals surface area (Å²) < 4.78 is 1.98. The molecule has 0 aliphatic heterocycles. The van der Waals surface area contributed by atoms with E-state index in [2.05, 4.69) is 18.8 Å². The minimum atomic E-state index is -0.615. The predicted octanol–water partition coefficient (Wildman–Crippen LogP) is 2.93. The van der Waals surface area contributed by atoms with Crippen molar-refractivity contribution in [3.05, 3.63) is 53.1 Å². The molecule has 1 atom stereocenters. The van der Waals surface area contributed by atoms with Crippen LogP contribution in [0, 0.1) is 6.92 Å². The molecular weight excluding hydrogens is 224 g/mol. The summed E-state index contributed by atoms with van der Waals surface area (Å²) in [5.74, 6) is 1.35. The summed E-state index contributed by atoms with van der Waals surface area (Å²) in [5, 5.41) is 10.4. The Balaban J connectivity index is 2.34. The van der Waals surface area contributed by atoms with E-state index in [4.69, 9.17) is 0 Å². The molecule has 0 aliphatic carbocycles. The Morgan fingerprint density at radius 3 is 2.28 bits per heavy atom. The molecule has 3 heteroatoms. The van der Waals surface area contributed by atoms with Gasteiger partial charge in [0, 0.05) is 13.0 Å². The summed E-state index contributed by atoms with van der Waals surface area (Å²) >= 11 is 0. The van der Waals surface area contributed by atoms with Gasteiger partial charge in [0.05, 0.1) is 11.9 Å². The summed E-state index contributed by atoms with van der Waals surface area (Å²) in [6.45, 7) is 6.24. The largest absolute Gasteiger partial charge is 0.382 e. The van der Waals surface area contributed by atoms with Crippen molar-refractivity contribution >= 4 is 0 Å². The molecule has 1 heterocycles. The molecule has 0 fully saturated rings. The van der Waals surface area contributed by atoms with Crippen molar-refractivity contribution in [1.29, 1.82) is 0 Å². The molecule has 0 spiro atoms. The number of hydrogen-bond donors (Lipinski definition) is 1. The van der Waals surface area contributed by atoms with E-state index in [9.17, 15) is 5.11 Å². The first-order valence-corrected chi connectivity index (χ1v) is 6.27. The standard InChI is InChI=1S/C15H20N2O/c1-10(2)15-16-9-13(17(15)4)14(18)12-7-5-11(3)6-8-12/h5-10,14,18H,1-4H3. The van der Waals surface area contributed by atoms with Crippen LogP contribution in [-0.2, 0) is 7.05 Å². The second kappa shape index (κ2) is 4.94. The number of nitrogens with zero attached hydrogens (tertiary/aromatic N) is 2. The third kappa shape index (κ3) is 2.31. The number of hydrogen-bond acceptors (Lipinski definition) is 2. The summed E-state index contributed by atoms with van der Waals surface area (Å²) in [5.41, 5.74) is 2.93. The van der Waals surface area contributed by atoms with E-state index in [1.807, 2.05) is 42.8 Å². The molecule has 96 valence electrons. The van der Waals surface area contributed by atoms with Gasteiger partial charge in [-0.25, -0.2) is 4.98 Å². The average molecular weight is 244 g/mol. The maximum Gasteiger partial charge on any atom is 0.121 e. The van der Waals surface area contributed by atoms with Gasteiger partial charge in [-0.2, -0.15) is 0 Å². The molecule has 18 heavy (non-hydrogen) atoms. The van der Waals surface area contributed by atoms with Crippen LogP contribution in [0.2, 0.25) is 0 Å². The Labute approximate surface area is 108 Å². The van der Waals surface area contributed by atoms with Crippen molar-refractivity contribution in [1.82, 2.24) is 9.55 Å². The molecule has 0 saturated heterocycles. The van der Waals surface area contributed by atoms with Crippen LogP contribution in [0.1, 0.15) is 48.5 Å². The molecule has 2 rings (SSSR count). The predicted molar refractivity (Wildman–Crippen MR) is 72.5 cm³/mol. The van der Waals surface area contributed by atoms with Gasteiger partial charge in [-0.05, 0) is 12.5 Å². The Kier molecular flexibility index (Phi) is 3.53. The number of aliphatic hydroxyl groups excluding tert-OH is 1. The lowest BCUT2D eigenvalue weighted by atomic mass is 10.1. The van der Waals surface area contributed by atoms with Gasteiger partial charge in [-0.3, -0.25) is 0 Å². The van der Waals surface area contributed by atoms with Crippen molar-refractivity contribution in [2.75, 3.05) is 0 Å². The highest BCUT2D eigenvalue weighted by Crippen LogP contribution is 2.24. The molecular formula is C15H20N2O. The fraction of sp³-hybridized carbons (Fsp3) is 0.400. The van der Waals surface area contributed by atoms with Crippen molar-refractivity contribution < 1.29 is 5.11 Å². The van der Waals surface area contributed by atoms with E-state index in [1.54, 1.807) is 6.20 Å². The fourth-order valence-corrected chi connectivity index (χ4v) is 2.15. The van der Waals surface area contributed by atoms with Crippen LogP contribution in [0.5, 0.6) is 0 Å². The van der Waals surface area contributed by atoms with Crippen LogP contribution >= 0.6 is 0 Å². The maximum absolute atomic E-state index is 10.4. The summed E-state index contributed by atoms with van der Waals surface area (Å²) in [4.78, 5) is 4.38. The third-order valence-corrected chi connectivity index (χ3v) is 3.25. The Morgan fingerprint density at radius 2 is 1.78 bits per heavy atom. The zero-order valence-electron chi connectivity index (χ0n) is 11.4. The number of benzene rings is 1. The van der Waals surface area contributed by atoms with Gasteiger partial charge in [0.25, 0.3) is 0 Å². The lowest BCUT2D eigenvalue weighted by molar-refractivity contribution is 0.211. The van der Waals surface area contributed by atoms with E-state index in [0.29, 0.717) is 5.92 Å². The number of aromatic nitrogens is 2. The first-order chi connectivity index (χ1) is 8.50. The van der Waals surface area contributed by atoms with Crippen LogP contribution in [0.4, 0.5) is 0 Å². The van der Waals surface area contributed by atoms with Gasteiger partial charge in [-0.15, -0.1) is 0 Å². The van der Waals surface area contributed by atoms with Gasteiger partial charge in [0.1, 0.15) is 11.9 Å². The molecule has 0 aliphatic rings. The summed E-state index contributed by atoms with van der Waals surface area (Å²) in [6.07, 6.45) is 1.15. The molecule has 0 saturated carbocycles. The van der Waals surface area contributed by atoms with Crippen LogP contribution in [0.3, 0.4) is 0 Å². The lowest BCUT2D eigenvalue weighted by Crippen LogP contribution is -2.08. The smallest absolute Gasteiger partial charge is 0.121 e. The van der Waals surface area contributed by atoms with Crippen LogP contribution in [-0.4, -0.2) is 14.7 Å². The van der Waals surface area contributed by atoms with E-state index in [0.717, 1.165) is 17.1 Å². The van der Waals surface area contributed by atoms with Gasteiger partial charge in [-0.1, -0.05) is 43.7 Å². The molecule has 0 radical (unpaired) electrons. The van der Waals surface area contributed by atoms with Crippen LogP contribution in [0.25, 0.3) is 0 Å². The topological polar surface area (TPSA) is 38.1 Å².